The smallest absolute Gasteiger partial charge is 0.330 e. The van der Waals surface area contributed by atoms with Crippen LogP contribution in [-0.2, 0) is 20.9 Å². The predicted molar refractivity (Wildman–Crippen MR) is 101 cm³/mol. The Balaban J connectivity index is 1.40. The van der Waals surface area contributed by atoms with Crippen molar-refractivity contribution < 1.29 is 19.2 Å². The second kappa shape index (κ2) is 7.12. The van der Waals surface area contributed by atoms with E-state index >= 15 is 0 Å². The number of ether oxygens (including phenoxy) is 1. The Morgan fingerprint density at radius 2 is 2.14 bits per heavy atom. The highest BCUT2D eigenvalue weighted by Crippen LogP contribution is 2.46. The van der Waals surface area contributed by atoms with Crippen molar-refractivity contribution in [3.63, 3.8) is 0 Å². The third-order valence-corrected chi connectivity index (χ3v) is 6.11. The molecule has 0 bridgehead atoms. The van der Waals surface area contributed by atoms with Gasteiger partial charge in [0.2, 0.25) is 0 Å². The number of nitrogens with zero attached hydrogens (tertiary/aromatic N) is 3. The molecule has 2 aliphatic heterocycles. The van der Waals surface area contributed by atoms with E-state index < -0.39 is 16.9 Å². The molecule has 1 aromatic carbocycles. The number of H-pyrrole nitrogens is 1. The molecule has 2 saturated heterocycles. The SMILES string of the molecule is CC(=C1C(=O)N2C(C(=O)OCc3ccc([N+](=O)[O-])cc3)CSC12)c1ccn[nH]1. The number of aromatic amines is 1. The molecule has 1 N–H and O–H groups in total. The molecule has 9 nitrogen and oxygen atoms in total. The molecule has 4 rings (SSSR count). The molecular weight excluding hydrogens is 384 g/mol. The number of thioether (sulfide) groups is 1. The molecule has 3 heterocycles. The number of non-ortho nitro benzene ring substituents is 1. The van der Waals surface area contributed by atoms with Crippen LogP contribution in [0.3, 0.4) is 0 Å². The van der Waals surface area contributed by atoms with Crippen LogP contribution in [0.15, 0.2) is 42.1 Å². The summed E-state index contributed by atoms with van der Waals surface area (Å²) in [5, 5.41) is 17.3. The first-order valence-corrected chi connectivity index (χ1v) is 9.57. The molecule has 144 valence electrons. The lowest BCUT2D eigenvalue weighted by atomic mass is 9.96. The van der Waals surface area contributed by atoms with Crippen LogP contribution >= 0.6 is 11.8 Å². The van der Waals surface area contributed by atoms with Crippen LogP contribution in [0.1, 0.15) is 18.2 Å². The first-order valence-electron chi connectivity index (χ1n) is 8.52. The van der Waals surface area contributed by atoms with Crippen LogP contribution in [-0.4, -0.2) is 49.1 Å². The summed E-state index contributed by atoms with van der Waals surface area (Å²) in [5.74, 6) is -0.172. The Morgan fingerprint density at radius 1 is 1.39 bits per heavy atom. The third-order valence-electron chi connectivity index (χ3n) is 4.82. The van der Waals surface area contributed by atoms with Gasteiger partial charge in [0.25, 0.3) is 11.6 Å². The van der Waals surface area contributed by atoms with Gasteiger partial charge in [-0.05, 0) is 36.3 Å². The van der Waals surface area contributed by atoms with Gasteiger partial charge in [0.15, 0.2) is 0 Å². The molecule has 0 aliphatic carbocycles. The summed E-state index contributed by atoms with van der Waals surface area (Å²) in [4.78, 5) is 36.8. The summed E-state index contributed by atoms with van der Waals surface area (Å²) in [7, 11) is 0. The van der Waals surface area contributed by atoms with Crippen molar-refractivity contribution in [2.45, 2.75) is 24.9 Å². The Bertz CT molecular complexity index is 970. The number of hydrogen-bond donors (Lipinski definition) is 1. The largest absolute Gasteiger partial charge is 0.459 e. The van der Waals surface area contributed by atoms with Gasteiger partial charge < -0.3 is 9.64 Å². The summed E-state index contributed by atoms with van der Waals surface area (Å²) < 4.78 is 5.33. The van der Waals surface area contributed by atoms with E-state index in [-0.39, 0.29) is 23.6 Å². The van der Waals surface area contributed by atoms with Crippen molar-refractivity contribution in [3.05, 3.63) is 63.5 Å². The predicted octanol–water partition coefficient (Wildman–Crippen LogP) is 2.12. The van der Waals surface area contributed by atoms with Gasteiger partial charge in [0.05, 0.1) is 16.2 Å². The van der Waals surface area contributed by atoms with Crippen LogP contribution in [0.2, 0.25) is 0 Å². The molecule has 2 aliphatic rings. The Hall–Kier alpha value is -3.14. The number of amides is 1. The van der Waals surface area contributed by atoms with Gasteiger partial charge in [0.1, 0.15) is 18.0 Å². The zero-order valence-corrected chi connectivity index (χ0v) is 15.6. The molecule has 2 unspecified atom stereocenters. The summed E-state index contributed by atoms with van der Waals surface area (Å²) in [5.41, 5.74) is 2.92. The normalized spacial score (nSPS) is 22.5. The van der Waals surface area contributed by atoms with Crippen molar-refractivity contribution in [2.24, 2.45) is 0 Å². The number of nitro benzene ring substituents is 1. The van der Waals surface area contributed by atoms with E-state index in [1.54, 1.807) is 29.3 Å². The first kappa shape index (κ1) is 18.2. The summed E-state index contributed by atoms with van der Waals surface area (Å²) >= 11 is 1.53. The van der Waals surface area contributed by atoms with Gasteiger partial charge in [-0.25, -0.2) is 4.79 Å². The number of allylic oxidation sites excluding steroid dienone is 1. The number of carbonyl (C=O) groups is 2. The van der Waals surface area contributed by atoms with Crippen molar-refractivity contribution in [1.29, 1.82) is 0 Å². The van der Waals surface area contributed by atoms with Gasteiger partial charge in [-0.15, -0.1) is 11.8 Å². The average Bonchev–Trinajstić information content (AvgIpc) is 3.34. The molecule has 2 fully saturated rings. The molecule has 1 amide bonds. The zero-order valence-electron chi connectivity index (χ0n) is 14.8. The maximum Gasteiger partial charge on any atom is 0.330 e. The van der Waals surface area contributed by atoms with E-state index in [0.717, 1.165) is 11.3 Å². The Labute approximate surface area is 163 Å². The number of nitro groups is 1. The number of fused-ring (bicyclic) bond motifs is 1. The number of hydrogen-bond acceptors (Lipinski definition) is 7. The van der Waals surface area contributed by atoms with E-state index in [4.69, 9.17) is 4.74 Å². The molecule has 2 atom stereocenters. The van der Waals surface area contributed by atoms with Crippen LogP contribution in [0.5, 0.6) is 0 Å². The monoisotopic (exact) mass is 400 g/mol. The lowest BCUT2D eigenvalue weighted by molar-refractivity contribution is -0.384. The van der Waals surface area contributed by atoms with Crippen LogP contribution in [0.4, 0.5) is 5.69 Å². The lowest BCUT2D eigenvalue weighted by Crippen LogP contribution is -2.56. The van der Waals surface area contributed by atoms with E-state index in [1.807, 2.05) is 6.92 Å². The van der Waals surface area contributed by atoms with E-state index in [0.29, 0.717) is 16.9 Å². The van der Waals surface area contributed by atoms with Crippen LogP contribution in [0.25, 0.3) is 5.57 Å². The third kappa shape index (κ3) is 3.05. The Morgan fingerprint density at radius 3 is 2.79 bits per heavy atom. The summed E-state index contributed by atoms with van der Waals surface area (Å²) in [6.45, 7) is 1.86. The zero-order chi connectivity index (χ0) is 19.8. The van der Waals surface area contributed by atoms with Crippen molar-refractivity contribution in [3.8, 4) is 0 Å². The minimum Gasteiger partial charge on any atom is -0.459 e. The molecule has 10 heteroatoms. The van der Waals surface area contributed by atoms with Gasteiger partial charge in [-0.2, -0.15) is 5.10 Å². The molecule has 1 aromatic heterocycles. The number of nitrogens with one attached hydrogen (secondary N) is 1. The number of aromatic nitrogens is 2. The number of benzene rings is 1. The van der Waals surface area contributed by atoms with Crippen LogP contribution < -0.4 is 0 Å². The minimum absolute atomic E-state index is 0.000556. The standard InChI is InChI=1S/C18H16N4O5S/c1-10(13-6-7-19-20-13)15-16(23)21-14(9-28-17(15)21)18(24)27-8-11-2-4-12(5-3-11)22(25)26/h2-7,14,17H,8-9H2,1H3,(H,19,20). The highest BCUT2D eigenvalue weighted by Gasteiger charge is 2.54. The average molecular weight is 400 g/mol. The maximum atomic E-state index is 12.6. The topological polar surface area (TPSA) is 118 Å². The minimum atomic E-state index is -0.626. The van der Waals surface area contributed by atoms with Crippen molar-refractivity contribution in [2.75, 3.05) is 5.75 Å². The summed E-state index contributed by atoms with van der Waals surface area (Å²) in [6, 6.07) is 6.98. The number of β-lactam (4-membered cyclic amide) rings is 1. The van der Waals surface area contributed by atoms with Crippen LogP contribution in [0, 0.1) is 10.1 Å². The van der Waals surface area contributed by atoms with E-state index in [2.05, 4.69) is 10.2 Å². The molecule has 0 radical (unpaired) electrons. The second-order valence-corrected chi connectivity index (χ2v) is 7.57. The van der Waals surface area contributed by atoms with Gasteiger partial charge in [0, 0.05) is 24.1 Å². The number of carbonyl (C=O) groups excluding carboxylic acids is 2. The number of rotatable bonds is 5. The Kier molecular flexibility index (Phi) is 4.63. The van der Waals surface area contributed by atoms with E-state index in [1.165, 1.54) is 23.9 Å². The number of esters is 1. The fraction of sp³-hybridized carbons (Fsp3) is 0.278. The fourth-order valence-corrected chi connectivity index (χ4v) is 4.77. The van der Waals surface area contributed by atoms with Crippen molar-refractivity contribution in [1.82, 2.24) is 15.1 Å². The quantitative estimate of drug-likeness (QED) is 0.268. The molecule has 0 saturated carbocycles. The van der Waals surface area contributed by atoms with Gasteiger partial charge in [-0.3, -0.25) is 20.0 Å². The van der Waals surface area contributed by atoms with Crippen molar-refractivity contribution >= 4 is 34.9 Å². The van der Waals surface area contributed by atoms with Gasteiger partial charge >= 0.3 is 5.97 Å². The van der Waals surface area contributed by atoms with Gasteiger partial charge in [-0.1, -0.05) is 0 Å². The lowest BCUT2D eigenvalue weighted by Gasteiger charge is -2.40. The highest BCUT2D eigenvalue weighted by atomic mass is 32.2. The molecule has 28 heavy (non-hydrogen) atoms. The first-order chi connectivity index (χ1) is 13.5. The fourth-order valence-electron chi connectivity index (χ4n) is 3.26. The molecular formula is C18H16N4O5S. The maximum absolute atomic E-state index is 12.6. The molecule has 0 spiro atoms. The second-order valence-electron chi connectivity index (χ2n) is 6.45. The highest BCUT2D eigenvalue weighted by molar-refractivity contribution is 8.00. The molecule has 2 aromatic rings. The summed E-state index contributed by atoms with van der Waals surface area (Å²) in [6.07, 6.45) is 1.63. The van der Waals surface area contributed by atoms with E-state index in [9.17, 15) is 19.7 Å².